The summed E-state index contributed by atoms with van der Waals surface area (Å²) in [7, 11) is 0. The van der Waals surface area contributed by atoms with Gasteiger partial charge in [-0.1, -0.05) is 0 Å². The van der Waals surface area contributed by atoms with Crippen molar-refractivity contribution in [1.29, 1.82) is 0 Å². The van der Waals surface area contributed by atoms with Crippen LogP contribution in [0.3, 0.4) is 0 Å². The van der Waals surface area contributed by atoms with Crippen LogP contribution in [-0.2, 0) is 11.2 Å². The third kappa shape index (κ3) is 6.22. The number of halogens is 1. The van der Waals surface area contributed by atoms with Crippen molar-refractivity contribution in [2.24, 2.45) is 5.41 Å². The molecule has 2 unspecified atom stereocenters. The fourth-order valence-corrected chi connectivity index (χ4v) is 4.07. The topological polar surface area (TPSA) is 70.6 Å². The van der Waals surface area contributed by atoms with Crippen molar-refractivity contribution in [3.8, 4) is 5.75 Å². The summed E-state index contributed by atoms with van der Waals surface area (Å²) in [6.45, 7) is 9.36. The van der Waals surface area contributed by atoms with Gasteiger partial charge in [-0.2, -0.15) is 0 Å². The van der Waals surface area contributed by atoms with Crippen LogP contribution in [0, 0.1) is 5.41 Å². The van der Waals surface area contributed by atoms with Gasteiger partial charge >= 0.3 is 155 Å². The summed E-state index contributed by atoms with van der Waals surface area (Å²) in [5.74, 6) is 0.854. The quantitative estimate of drug-likeness (QED) is 0.302. The number of amides is 1. The molecule has 0 spiro atoms. The number of benzene rings is 1. The number of aliphatic hydroxyl groups excluding tert-OH is 1. The zero-order chi connectivity index (χ0) is 17.7. The van der Waals surface area contributed by atoms with Crippen LogP contribution < -0.4 is 35.1 Å². The summed E-state index contributed by atoms with van der Waals surface area (Å²) >= 11 is -0.739. The first kappa shape index (κ1) is 19.5. The van der Waals surface area contributed by atoms with E-state index >= 15 is 0 Å². The minimum atomic E-state index is -0.739. The van der Waals surface area contributed by atoms with Crippen LogP contribution in [0.2, 0.25) is 0 Å². The summed E-state index contributed by atoms with van der Waals surface area (Å²) in [4.78, 5) is 10.9. The predicted molar refractivity (Wildman–Crippen MR) is 90.3 cm³/mol. The molecule has 2 rings (SSSR count). The monoisotopic (exact) mass is 447 g/mol. The van der Waals surface area contributed by atoms with Gasteiger partial charge in [-0.15, -0.1) is 0 Å². The van der Waals surface area contributed by atoms with Crippen molar-refractivity contribution < 1.29 is 36.1 Å². The average Bonchev–Trinajstić information content (AvgIpc) is 2.49. The summed E-state index contributed by atoms with van der Waals surface area (Å²) in [5.41, 5.74) is 2.73. The first-order valence-corrected chi connectivity index (χ1v) is 10.6. The zero-order valence-electron chi connectivity index (χ0n) is 14.9. The van der Waals surface area contributed by atoms with Gasteiger partial charge in [0.1, 0.15) is 0 Å². The fourth-order valence-electron chi connectivity index (χ4n) is 2.80. The molecule has 2 atom stereocenters. The third-order valence-corrected chi connectivity index (χ3v) is 5.92. The van der Waals surface area contributed by atoms with Crippen molar-refractivity contribution in [1.82, 2.24) is 8.85 Å². The maximum atomic E-state index is 10.9. The van der Waals surface area contributed by atoms with Gasteiger partial charge in [0.2, 0.25) is 0 Å². The molecular formula is C18H28IN2O3-. The molecule has 5 nitrogen and oxygen atoms in total. The van der Waals surface area contributed by atoms with Gasteiger partial charge in [0.15, 0.2) is 0 Å². The van der Waals surface area contributed by atoms with E-state index in [0.29, 0.717) is 13.2 Å². The average molecular weight is 447 g/mol. The molecule has 0 bridgehead atoms. The number of carbonyl (C=O) groups excluding carboxylic acids is 1. The fraction of sp³-hybridized carbons (Fsp3) is 0.611. The Kier molecular flexibility index (Phi) is 6.88. The first-order chi connectivity index (χ1) is 11.2. The molecule has 24 heavy (non-hydrogen) atoms. The van der Waals surface area contributed by atoms with Crippen LogP contribution in [0.1, 0.15) is 51.3 Å². The SMILES string of the molecule is CC(=O)N[I-]C(O)CNC1CCOc2ccc(CC(C)(C)C)cc21. The molecule has 0 aliphatic carbocycles. The van der Waals surface area contributed by atoms with Crippen LogP contribution in [0.5, 0.6) is 5.75 Å². The van der Waals surface area contributed by atoms with E-state index in [1.54, 1.807) is 0 Å². The number of rotatable bonds is 6. The molecule has 6 heteroatoms. The Morgan fingerprint density at radius 1 is 1.46 bits per heavy atom. The molecule has 0 fully saturated rings. The Balaban J connectivity index is 2.01. The van der Waals surface area contributed by atoms with Crippen LogP contribution >= 0.6 is 0 Å². The van der Waals surface area contributed by atoms with Crippen molar-refractivity contribution in [2.75, 3.05) is 13.2 Å². The molecule has 1 amide bonds. The normalized spacial score (nSPS) is 18.6. The van der Waals surface area contributed by atoms with Gasteiger partial charge in [-0.05, 0) is 0 Å². The molecule has 0 saturated heterocycles. The van der Waals surface area contributed by atoms with Crippen LogP contribution in [0.4, 0.5) is 0 Å². The van der Waals surface area contributed by atoms with Crippen molar-refractivity contribution in [2.45, 2.75) is 50.7 Å². The van der Waals surface area contributed by atoms with Crippen molar-refractivity contribution in [3.63, 3.8) is 0 Å². The summed E-state index contributed by atoms with van der Waals surface area (Å²) in [5, 5.41) is 13.5. The van der Waals surface area contributed by atoms with E-state index < -0.39 is 25.6 Å². The molecule has 0 saturated carbocycles. The number of fused-ring (bicyclic) bond motifs is 1. The number of carbonyl (C=O) groups is 1. The number of hydrogen-bond donors (Lipinski definition) is 3. The Morgan fingerprint density at radius 3 is 2.88 bits per heavy atom. The van der Waals surface area contributed by atoms with Gasteiger partial charge < -0.3 is 0 Å². The number of nitrogens with one attached hydrogen (secondary N) is 2. The second kappa shape index (κ2) is 8.49. The molecule has 1 heterocycles. The van der Waals surface area contributed by atoms with E-state index in [9.17, 15) is 9.90 Å². The zero-order valence-corrected chi connectivity index (χ0v) is 17.0. The third-order valence-electron chi connectivity index (χ3n) is 3.69. The summed E-state index contributed by atoms with van der Waals surface area (Å²) in [6.07, 6.45) is 1.90. The van der Waals surface area contributed by atoms with Crippen molar-refractivity contribution >= 4 is 5.91 Å². The van der Waals surface area contributed by atoms with Crippen LogP contribution in [0.25, 0.3) is 0 Å². The Bertz CT molecular complexity index is 572. The molecule has 0 aromatic heterocycles. The molecule has 3 N–H and O–H groups in total. The van der Waals surface area contributed by atoms with E-state index in [2.05, 4.69) is 47.8 Å². The van der Waals surface area contributed by atoms with Gasteiger partial charge in [-0.25, -0.2) is 0 Å². The minimum absolute atomic E-state index is 0.0786. The first-order valence-electron chi connectivity index (χ1n) is 8.30. The molecule has 1 aliphatic rings. The maximum absolute atomic E-state index is 10.9. The Labute approximate surface area is 155 Å². The Morgan fingerprint density at radius 2 is 2.21 bits per heavy atom. The molecule has 136 valence electrons. The van der Waals surface area contributed by atoms with Gasteiger partial charge in [0.25, 0.3) is 0 Å². The predicted octanol–water partition coefficient (Wildman–Crippen LogP) is -0.853. The van der Waals surface area contributed by atoms with Gasteiger partial charge in [0, 0.05) is 0 Å². The second-order valence-electron chi connectivity index (χ2n) is 7.40. The standard InChI is InChI=1S/C18H28IN2O3/c1-12(22)21-19-17(23)11-20-15-7-8-24-16-6-5-13(9-14(15)16)10-18(2,3)4/h5-6,9,15,17,20,23H,7-8,10-11H2,1-4H3,(H,21,22)/q-1. The van der Waals surface area contributed by atoms with Crippen LogP contribution in [-0.4, -0.2) is 28.3 Å². The molecule has 1 aromatic carbocycles. The number of ether oxygens (including phenoxy) is 1. The number of aliphatic hydroxyl groups is 1. The molecule has 0 radical (unpaired) electrons. The van der Waals surface area contributed by atoms with Gasteiger partial charge in [-0.3, -0.25) is 0 Å². The number of hydrogen-bond acceptors (Lipinski definition) is 4. The van der Waals surface area contributed by atoms with E-state index in [-0.39, 0.29) is 17.4 Å². The van der Waals surface area contributed by atoms with E-state index in [4.69, 9.17) is 4.74 Å². The summed E-state index contributed by atoms with van der Waals surface area (Å²) in [6, 6.07) is 6.62. The molecule has 1 aromatic rings. The van der Waals surface area contributed by atoms with Gasteiger partial charge in [0.05, 0.1) is 0 Å². The van der Waals surface area contributed by atoms with E-state index in [1.807, 2.05) is 0 Å². The molecular weight excluding hydrogens is 419 g/mol. The Hall–Kier alpha value is -0.860. The van der Waals surface area contributed by atoms with Crippen LogP contribution in [0.15, 0.2) is 18.2 Å². The number of alkyl halides is 1. The van der Waals surface area contributed by atoms with E-state index in [1.165, 1.54) is 18.1 Å². The summed E-state index contributed by atoms with van der Waals surface area (Å²) < 4.78 is 8.03. The second-order valence-corrected chi connectivity index (χ2v) is 10.0. The molecule has 1 aliphatic heterocycles. The van der Waals surface area contributed by atoms with Crippen molar-refractivity contribution in [3.05, 3.63) is 29.3 Å². The van der Waals surface area contributed by atoms with E-state index in [0.717, 1.165) is 18.6 Å².